The minimum atomic E-state index is -5.08. The molecule has 0 atom stereocenters. The monoisotopic (exact) mass is 475 g/mol. The van der Waals surface area contributed by atoms with Gasteiger partial charge in [0.05, 0.1) is 34.4 Å². The molecule has 0 unspecified atom stereocenters. The van der Waals surface area contributed by atoms with Crippen LogP contribution in [-0.2, 0) is 6.54 Å². The summed E-state index contributed by atoms with van der Waals surface area (Å²) < 4.78 is 48.0. The van der Waals surface area contributed by atoms with Crippen molar-refractivity contribution < 1.29 is 27.4 Å². The molecule has 0 spiro atoms. The van der Waals surface area contributed by atoms with E-state index < -0.39 is 34.3 Å². The Morgan fingerprint density at radius 1 is 1.03 bits per heavy atom. The molecule has 2 aromatic carbocycles. The van der Waals surface area contributed by atoms with E-state index in [4.69, 9.17) is 51.8 Å². The lowest BCUT2D eigenvalue weighted by Gasteiger charge is -2.37. The van der Waals surface area contributed by atoms with Crippen LogP contribution in [0.3, 0.4) is 0 Å². The number of aromatic nitrogens is 2. The normalized spacial score (nSPS) is 15.1. The molecule has 0 saturated heterocycles. The number of hydrogen-bond acceptors (Lipinski definition) is 5. The number of amides is 1. The second-order valence-electron chi connectivity index (χ2n) is 7.95. The Hall–Kier alpha value is -3.23. The van der Waals surface area contributed by atoms with Crippen molar-refractivity contribution in [2.75, 3.05) is 6.61 Å². The smallest absolute Gasteiger partial charge is 0.492 e. The average Bonchev–Trinajstić information content (AvgIpc) is 2.91. The highest BCUT2D eigenvalue weighted by Gasteiger charge is 2.37. The Balaban J connectivity index is 1.81. The molecule has 166 valence electrons. The van der Waals surface area contributed by atoms with Crippen LogP contribution in [0, 0.1) is 0 Å². The molecule has 0 saturated carbocycles. The van der Waals surface area contributed by atoms with E-state index in [9.17, 15) is 18.0 Å². The highest BCUT2D eigenvalue weighted by molar-refractivity contribution is 6.61. The summed E-state index contributed by atoms with van der Waals surface area (Å²) in [7, 11) is 36.0. The number of carbonyl (C=O) groups excluding carboxylic acids is 1. The fourth-order valence-corrected chi connectivity index (χ4v) is 3.70. The van der Waals surface area contributed by atoms with Gasteiger partial charge in [0.2, 0.25) is 0 Å². The van der Waals surface area contributed by atoms with Crippen molar-refractivity contribution in [1.29, 1.82) is 0 Å². The first-order valence-corrected chi connectivity index (χ1v) is 10.2. The molecule has 6 nitrogen and oxygen atoms in total. The summed E-state index contributed by atoms with van der Waals surface area (Å²) in [6.07, 6.45) is -2.10. The molecule has 4 rings (SSSR count). The largest absolute Gasteiger partial charge is 0.573 e. The van der Waals surface area contributed by atoms with Crippen molar-refractivity contribution in [3.8, 4) is 22.6 Å². The zero-order chi connectivity index (χ0) is 26.4. The number of fused-ring (bicyclic) bond motifs is 1. The van der Waals surface area contributed by atoms with Crippen molar-refractivity contribution in [2.45, 2.75) is 18.2 Å². The van der Waals surface area contributed by atoms with E-state index in [1.165, 1.54) is 30.6 Å². The highest BCUT2D eigenvalue weighted by atomic mass is 19.4. The molecule has 1 amide bonds. The molecule has 0 aliphatic carbocycles. The third kappa shape index (κ3) is 4.88. The van der Waals surface area contributed by atoms with Gasteiger partial charge in [0, 0.05) is 17.7 Å². The summed E-state index contributed by atoms with van der Waals surface area (Å²) in [5, 5.41) is -1.72. The number of halogens is 3. The Kier molecular flexibility index (Phi) is 6.70. The van der Waals surface area contributed by atoms with Crippen molar-refractivity contribution in [3.63, 3.8) is 0 Å². The molecule has 1 aliphatic rings. The minimum Gasteiger partial charge on any atom is -0.492 e. The Morgan fingerprint density at radius 2 is 1.64 bits per heavy atom. The van der Waals surface area contributed by atoms with Gasteiger partial charge in [-0.25, -0.2) is 9.97 Å². The second kappa shape index (κ2) is 9.33. The number of nitrogens with zero attached hydrogens (tertiary/aromatic N) is 3. The van der Waals surface area contributed by atoms with Gasteiger partial charge in [-0.2, -0.15) is 0 Å². The van der Waals surface area contributed by atoms with Gasteiger partial charge in [-0.1, -0.05) is 27.9 Å². The van der Waals surface area contributed by atoms with Crippen LogP contribution < -0.4 is 31.3 Å². The summed E-state index contributed by atoms with van der Waals surface area (Å²) >= 11 is 0. The molecule has 1 aliphatic heterocycles. The average molecular weight is 474 g/mol. The number of alkyl halides is 3. The molecular weight excluding hydrogens is 464 g/mol. The Labute approximate surface area is 212 Å². The molecule has 12 radical (unpaired) electrons. The predicted molar refractivity (Wildman–Crippen MR) is 132 cm³/mol. The third-order valence-corrected chi connectivity index (χ3v) is 5.45. The summed E-state index contributed by atoms with van der Waals surface area (Å²) in [5.41, 5.74) is -1.56. The van der Waals surface area contributed by atoms with Crippen molar-refractivity contribution in [2.24, 2.45) is 0 Å². The summed E-state index contributed by atoms with van der Waals surface area (Å²) in [5.74, 6) is -1.12. The minimum absolute atomic E-state index is 0.00377. The van der Waals surface area contributed by atoms with Crippen molar-refractivity contribution in [3.05, 3.63) is 48.0 Å². The summed E-state index contributed by atoms with van der Waals surface area (Å²) in [6.45, 7) is -0.390. The van der Waals surface area contributed by atoms with Crippen LogP contribution in [0.1, 0.15) is 16.2 Å². The third-order valence-electron chi connectivity index (χ3n) is 5.45. The molecule has 2 heterocycles. The molecule has 0 fully saturated rings. The highest BCUT2D eigenvalue weighted by Crippen LogP contribution is 2.32. The van der Waals surface area contributed by atoms with E-state index in [1.54, 1.807) is 6.07 Å². The van der Waals surface area contributed by atoms with Gasteiger partial charge in [0.1, 0.15) is 48.7 Å². The van der Waals surface area contributed by atoms with Gasteiger partial charge in [0.15, 0.2) is 0 Å². The van der Waals surface area contributed by atoms with Gasteiger partial charge in [0.25, 0.3) is 5.91 Å². The fraction of sp³-hybridized carbons (Fsp3) is 0.190. The molecule has 3 aromatic rings. The number of benzene rings is 2. The fourth-order valence-electron chi connectivity index (χ4n) is 3.70. The van der Waals surface area contributed by atoms with Crippen molar-refractivity contribution >= 4 is 74.8 Å². The van der Waals surface area contributed by atoms with E-state index in [0.29, 0.717) is 0 Å². The summed E-state index contributed by atoms with van der Waals surface area (Å²) in [4.78, 5) is 22.8. The van der Waals surface area contributed by atoms with Crippen LogP contribution in [0.4, 0.5) is 13.2 Å². The van der Waals surface area contributed by atoms with Crippen LogP contribution in [-0.4, -0.2) is 86.2 Å². The van der Waals surface area contributed by atoms with E-state index in [1.807, 2.05) is 0 Å². The lowest BCUT2D eigenvalue weighted by Crippen LogP contribution is -2.55. The van der Waals surface area contributed by atoms with Crippen LogP contribution in [0.5, 0.6) is 11.5 Å². The first kappa shape index (κ1) is 25.9. The maximum Gasteiger partial charge on any atom is 0.573 e. The Bertz CT molecular complexity index is 1310. The molecule has 15 heteroatoms. The SMILES string of the molecule is [B]c1c([B])c(-c2ccc3c(c2)C(=O)N(Cc2ncccn2)C([B])([B])CO3)c([B])c([B])c1OC(F)(F)F. The van der Waals surface area contributed by atoms with E-state index in [0.717, 1.165) is 4.90 Å². The number of ether oxygens (including phenoxy) is 2. The molecular formula is C21H10B6F3N3O3. The summed E-state index contributed by atoms with van der Waals surface area (Å²) in [6, 6.07) is 5.88. The number of rotatable bonds is 4. The van der Waals surface area contributed by atoms with Crippen LogP contribution in [0.25, 0.3) is 11.1 Å². The van der Waals surface area contributed by atoms with Gasteiger partial charge in [-0.05, 0) is 29.3 Å². The second-order valence-corrected chi connectivity index (χ2v) is 7.95. The van der Waals surface area contributed by atoms with Gasteiger partial charge < -0.3 is 14.4 Å². The van der Waals surface area contributed by atoms with Crippen LogP contribution in [0.15, 0.2) is 36.7 Å². The van der Waals surface area contributed by atoms with E-state index >= 15 is 0 Å². The lowest BCUT2D eigenvalue weighted by atomic mass is 9.61. The van der Waals surface area contributed by atoms with E-state index in [2.05, 4.69) is 14.7 Å². The van der Waals surface area contributed by atoms with Crippen molar-refractivity contribution in [1.82, 2.24) is 14.9 Å². The van der Waals surface area contributed by atoms with Gasteiger partial charge in [-0.3, -0.25) is 4.79 Å². The number of carbonyl (C=O) groups is 1. The zero-order valence-corrected chi connectivity index (χ0v) is 18.5. The molecule has 1 aromatic heterocycles. The van der Waals surface area contributed by atoms with Gasteiger partial charge in [-0.15, -0.1) is 13.2 Å². The topological polar surface area (TPSA) is 64.6 Å². The predicted octanol–water partition coefficient (Wildman–Crippen LogP) is -1.76. The van der Waals surface area contributed by atoms with Crippen LogP contribution in [0.2, 0.25) is 0 Å². The quantitative estimate of drug-likeness (QED) is 0.420. The van der Waals surface area contributed by atoms with Gasteiger partial charge >= 0.3 is 6.36 Å². The molecule has 36 heavy (non-hydrogen) atoms. The maximum absolute atomic E-state index is 13.5. The Morgan fingerprint density at radius 3 is 2.22 bits per heavy atom. The first-order valence-electron chi connectivity index (χ1n) is 10.2. The first-order chi connectivity index (χ1) is 16.8. The standard InChI is InChI=1S/C21H10B6F3N3O3/c22-14-13(15(23)17(25)18(16(14)24)36-21(28,29)30)9-2-3-11-10(6-9)19(34)33(20(26,27)8-35-11)7-12-31-4-1-5-32-12/h1-6H,7-8H2. The maximum atomic E-state index is 13.5. The zero-order valence-electron chi connectivity index (χ0n) is 18.5. The molecule has 0 bridgehead atoms. The van der Waals surface area contributed by atoms with E-state index in [-0.39, 0.29) is 52.3 Å². The lowest BCUT2D eigenvalue weighted by molar-refractivity contribution is -0.273. The van der Waals surface area contributed by atoms with Crippen LogP contribution >= 0.6 is 0 Å². The molecule has 0 N–H and O–H groups in total. The number of hydrogen-bond donors (Lipinski definition) is 0.